The van der Waals surface area contributed by atoms with Gasteiger partial charge < -0.3 is 5.11 Å². The van der Waals surface area contributed by atoms with Gasteiger partial charge in [0.25, 0.3) is 5.91 Å². The number of H-pyrrole nitrogens is 1. The van der Waals surface area contributed by atoms with Gasteiger partial charge in [0.15, 0.2) is 0 Å². The number of rotatable bonds is 4. The van der Waals surface area contributed by atoms with Crippen molar-refractivity contribution in [1.29, 1.82) is 0 Å². The molecular formula is C18H14Cl2N4O2. The Bertz CT molecular complexity index is 998. The summed E-state index contributed by atoms with van der Waals surface area (Å²) in [7, 11) is 0. The van der Waals surface area contributed by atoms with E-state index in [1.54, 1.807) is 55.5 Å². The molecule has 0 fully saturated rings. The number of aromatic nitrogens is 2. The van der Waals surface area contributed by atoms with E-state index in [-0.39, 0.29) is 11.4 Å². The SMILES string of the molecule is C/C(=N\NC(=O)c1cc(-c2ccc(Cl)c(Cl)c2)n[nH]1)c1cccc(O)c1. The van der Waals surface area contributed by atoms with Gasteiger partial charge in [-0.25, -0.2) is 5.43 Å². The summed E-state index contributed by atoms with van der Waals surface area (Å²) in [6.45, 7) is 1.73. The van der Waals surface area contributed by atoms with E-state index in [0.717, 1.165) is 5.56 Å². The fourth-order valence-corrected chi connectivity index (χ4v) is 2.53. The van der Waals surface area contributed by atoms with E-state index in [1.807, 2.05) is 0 Å². The first-order valence-corrected chi connectivity index (χ1v) is 8.34. The maximum Gasteiger partial charge on any atom is 0.289 e. The number of hydrogen-bond donors (Lipinski definition) is 3. The molecule has 3 rings (SSSR count). The van der Waals surface area contributed by atoms with E-state index in [2.05, 4.69) is 20.7 Å². The lowest BCUT2D eigenvalue weighted by molar-refractivity contribution is 0.0950. The third-order valence-electron chi connectivity index (χ3n) is 3.63. The molecule has 1 amide bonds. The Morgan fingerprint density at radius 1 is 1.15 bits per heavy atom. The Hall–Kier alpha value is -2.83. The van der Waals surface area contributed by atoms with Gasteiger partial charge in [-0.15, -0.1) is 0 Å². The fraction of sp³-hybridized carbons (Fsp3) is 0.0556. The molecule has 0 radical (unpaired) electrons. The van der Waals surface area contributed by atoms with Crippen LogP contribution in [0.1, 0.15) is 23.0 Å². The van der Waals surface area contributed by atoms with Crippen LogP contribution in [0.25, 0.3) is 11.3 Å². The van der Waals surface area contributed by atoms with Gasteiger partial charge in [0.1, 0.15) is 11.4 Å². The minimum absolute atomic E-state index is 0.128. The van der Waals surface area contributed by atoms with Crippen LogP contribution in [0.15, 0.2) is 53.6 Å². The number of aromatic hydroxyl groups is 1. The summed E-state index contributed by atoms with van der Waals surface area (Å²) in [5.74, 6) is -0.313. The van der Waals surface area contributed by atoms with Crippen LogP contribution in [-0.4, -0.2) is 26.9 Å². The topological polar surface area (TPSA) is 90.4 Å². The Kier molecular flexibility index (Phi) is 5.25. The molecule has 0 atom stereocenters. The van der Waals surface area contributed by atoms with Gasteiger partial charge in [-0.2, -0.15) is 10.2 Å². The van der Waals surface area contributed by atoms with Gasteiger partial charge in [0.05, 0.1) is 21.5 Å². The van der Waals surface area contributed by atoms with Gasteiger partial charge in [0.2, 0.25) is 0 Å². The van der Waals surface area contributed by atoms with Crippen LogP contribution in [0.2, 0.25) is 10.0 Å². The third kappa shape index (κ3) is 4.04. The molecule has 6 nitrogen and oxygen atoms in total. The summed E-state index contributed by atoms with van der Waals surface area (Å²) >= 11 is 11.9. The van der Waals surface area contributed by atoms with Crippen molar-refractivity contribution in [3.05, 3.63) is 69.8 Å². The molecule has 0 aliphatic carbocycles. The normalized spacial score (nSPS) is 11.4. The van der Waals surface area contributed by atoms with Crippen LogP contribution in [0.4, 0.5) is 0 Å². The molecule has 0 bridgehead atoms. The summed E-state index contributed by atoms with van der Waals surface area (Å²) in [6, 6.07) is 13.3. The minimum Gasteiger partial charge on any atom is -0.508 e. The number of carbonyl (C=O) groups excluding carboxylic acids is 1. The molecule has 2 aromatic carbocycles. The van der Waals surface area contributed by atoms with Crippen LogP contribution in [0.3, 0.4) is 0 Å². The fourth-order valence-electron chi connectivity index (χ4n) is 2.23. The summed E-state index contributed by atoms with van der Waals surface area (Å²) in [4.78, 5) is 12.2. The van der Waals surface area contributed by atoms with Crippen molar-refractivity contribution in [2.75, 3.05) is 0 Å². The van der Waals surface area contributed by atoms with Gasteiger partial charge in [-0.1, -0.05) is 41.4 Å². The van der Waals surface area contributed by atoms with Crippen molar-refractivity contribution >= 4 is 34.8 Å². The Morgan fingerprint density at radius 2 is 1.96 bits per heavy atom. The van der Waals surface area contributed by atoms with E-state index in [4.69, 9.17) is 23.2 Å². The number of phenolic OH excluding ortho intramolecular Hbond substituents is 1. The van der Waals surface area contributed by atoms with E-state index in [9.17, 15) is 9.90 Å². The van der Waals surface area contributed by atoms with Gasteiger partial charge in [0, 0.05) is 11.1 Å². The highest BCUT2D eigenvalue weighted by Crippen LogP contribution is 2.27. The predicted octanol–water partition coefficient (Wildman–Crippen LogP) is 4.24. The van der Waals surface area contributed by atoms with Crippen LogP contribution < -0.4 is 5.43 Å². The van der Waals surface area contributed by atoms with E-state index in [0.29, 0.717) is 27.0 Å². The molecule has 1 aromatic heterocycles. The summed E-state index contributed by atoms with van der Waals surface area (Å²) in [5.41, 5.74) is 5.24. The van der Waals surface area contributed by atoms with Crippen molar-refractivity contribution < 1.29 is 9.90 Å². The molecule has 0 unspecified atom stereocenters. The monoisotopic (exact) mass is 388 g/mol. The molecular weight excluding hydrogens is 375 g/mol. The third-order valence-corrected chi connectivity index (χ3v) is 4.37. The van der Waals surface area contributed by atoms with Crippen LogP contribution in [0, 0.1) is 0 Å². The van der Waals surface area contributed by atoms with Crippen LogP contribution >= 0.6 is 23.2 Å². The lowest BCUT2D eigenvalue weighted by atomic mass is 10.1. The molecule has 0 aliphatic heterocycles. The molecule has 0 aliphatic rings. The maximum absolute atomic E-state index is 12.2. The van der Waals surface area contributed by atoms with Crippen molar-refractivity contribution in [2.24, 2.45) is 5.10 Å². The molecule has 0 saturated carbocycles. The summed E-state index contributed by atoms with van der Waals surface area (Å²) < 4.78 is 0. The van der Waals surface area contributed by atoms with Crippen LogP contribution in [-0.2, 0) is 0 Å². The molecule has 3 aromatic rings. The average Bonchev–Trinajstić information content (AvgIpc) is 3.12. The van der Waals surface area contributed by atoms with Crippen molar-refractivity contribution in [1.82, 2.24) is 15.6 Å². The second-order valence-electron chi connectivity index (χ2n) is 5.48. The first-order valence-electron chi connectivity index (χ1n) is 7.59. The zero-order valence-corrected chi connectivity index (χ0v) is 15.1. The van der Waals surface area contributed by atoms with Gasteiger partial charge in [-0.05, 0) is 37.3 Å². The van der Waals surface area contributed by atoms with Crippen molar-refractivity contribution in [3.63, 3.8) is 0 Å². The molecule has 8 heteroatoms. The highest BCUT2D eigenvalue weighted by molar-refractivity contribution is 6.42. The first kappa shape index (κ1) is 18.0. The average molecular weight is 389 g/mol. The summed E-state index contributed by atoms with van der Waals surface area (Å²) in [6.07, 6.45) is 0. The Labute approximate surface area is 159 Å². The van der Waals surface area contributed by atoms with E-state index in [1.165, 1.54) is 0 Å². The molecule has 26 heavy (non-hydrogen) atoms. The largest absolute Gasteiger partial charge is 0.508 e. The number of hydrogen-bond acceptors (Lipinski definition) is 4. The molecule has 0 saturated heterocycles. The second-order valence-corrected chi connectivity index (χ2v) is 6.30. The zero-order valence-electron chi connectivity index (χ0n) is 13.6. The number of phenols is 1. The lowest BCUT2D eigenvalue weighted by Gasteiger charge is -2.02. The number of nitrogens with zero attached hydrogens (tertiary/aromatic N) is 2. The number of nitrogens with one attached hydrogen (secondary N) is 2. The molecule has 3 N–H and O–H groups in total. The number of amides is 1. The number of benzene rings is 2. The minimum atomic E-state index is -0.441. The Morgan fingerprint density at radius 3 is 2.69 bits per heavy atom. The number of aromatic amines is 1. The predicted molar refractivity (Wildman–Crippen MR) is 102 cm³/mol. The zero-order chi connectivity index (χ0) is 18.7. The highest BCUT2D eigenvalue weighted by Gasteiger charge is 2.12. The maximum atomic E-state index is 12.2. The van der Waals surface area contributed by atoms with Gasteiger partial charge in [-0.3, -0.25) is 9.89 Å². The van der Waals surface area contributed by atoms with E-state index < -0.39 is 5.91 Å². The quantitative estimate of drug-likeness (QED) is 0.460. The first-order chi connectivity index (χ1) is 12.4. The molecule has 132 valence electrons. The number of carbonyl (C=O) groups is 1. The Balaban J connectivity index is 1.74. The van der Waals surface area contributed by atoms with Crippen molar-refractivity contribution in [2.45, 2.75) is 6.92 Å². The van der Waals surface area contributed by atoms with Gasteiger partial charge >= 0.3 is 0 Å². The van der Waals surface area contributed by atoms with Crippen LogP contribution in [0.5, 0.6) is 5.75 Å². The molecule has 0 spiro atoms. The lowest BCUT2D eigenvalue weighted by Crippen LogP contribution is -2.19. The van der Waals surface area contributed by atoms with E-state index >= 15 is 0 Å². The molecule has 1 heterocycles. The highest BCUT2D eigenvalue weighted by atomic mass is 35.5. The smallest absolute Gasteiger partial charge is 0.289 e. The van der Waals surface area contributed by atoms with Crippen molar-refractivity contribution in [3.8, 4) is 17.0 Å². The standard InChI is InChI=1S/C18H14Cl2N4O2/c1-10(11-3-2-4-13(25)7-11)21-24-18(26)17-9-16(22-23-17)12-5-6-14(19)15(20)8-12/h2-9,25H,1H3,(H,22,23)(H,24,26)/b21-10+. The number of hydrazone groups is 1. The second kappa shape index (κ2) is 7.59. The number of halogens is 2. The summed E-state index contributed by atoms with van der Waals surface area (Å²) in [5, 5.41) is 21.2.